The molecular weight excluding hydrogens is 258 g/mol. The van der Waals surface area contributed by atoms with Crippen LogP contribution in [0.4, 0.5) is 0 Å². The van der Waals surface area contributed by atoms with Gasteiger partial charge in [-0.25, -0.2) is 0 Å². The first-order valence-corrected chi connectivity index (χ1v) is 6.07. The molecule has 0 heterocycles. The van der Waals surface area contributed by atoms with Crippen molar-refractivity contribution in [3.63, 3.8) is 0 Å². The molecule has 0 bridgehead atoms. The van der Waals surface area contributed by atoms with Crippen LogP contribution in [0.15, 0.2) is 29.3 Å². The predicted octanol–water partition coefficient (Wildman–Crippen LogP) is 2.31. The van der Waals surface area contributed by atoms with Crippen LogP contribution in [-0.2, 0) is 0 Å². The lowest BCUT2D eigenvalue weighted by atomic mass is 10.1. The molecule has 1 aromatic rings. The molecule has 0 atom stereocenters. The highest BCUT2D eigenvalue weighted by Crippen LogP contribution is 2.12. The minimum Gasteiger partial charge on any atom is -0.293 e. The van der Waals surface area contributed by atoms with Crippen LogP contribution in [-0.4, -0.2) is 23.8 Å². The van der Waals surface area contributed by atoms with Gasteiger partial charge >= 0.3 is 0 Å². The normalized spacial score (nSPS) is 10.8. The molecule has 0 unspecified atom stereocenters. The first kappa shape index (κ1) is 13.6. The number of aliphatic imine (C=N–C) groups is 1. The molecule has 0 spiro atoms. The lowest BCUT2D eigenvalue weighted by Gasteiger charge is -2.02. The number of nitrogens with one attached hydrogen (secondary N) is 1. The summed E-state index contributed by atoms with van der Waals surface area (Å²) in [6.45, 7) is 0. The molecule has 0 aliphatic rings. The molecule has 6 heteroatoms. The van der Waals surface area contributed by atoms with Crippen LogP contribution in [0.25, 0.3) is 0 Å². The number of nitriles is 1. The molecule has 4 nitrogen and oxygen atoms in total. The molecule has 0 amide bonds. The average Bonchev–Trinajstić information content (AvgIpc) is 2.35. The molecule has 1 N–H and O–H groups in total. The summed E-state index contributed by atoms with van der Waals surface area (Å²) in [4.78, 5) is 15.6. The highest BCUT2D eigenvalue weighted by molar-refractivity contribution is 8.14. The quantitative estimate of drug-likeness (QED) is 0.300. The van der Waals surface area contributed by atoms with E-state index in [1.54, 1.807) is 37.5 Å². The Labute approximate surface area is 109 Å². The first-order valence-electron chi connectivity index (χ1n) is 4.71. The number of benzene rings is 1. The highest BCUT2D eigenvalue weighted by atomic mass is 35.5. The molecule has 1 rings (SSSR count). The van der Waals surface area contributed by atoms with Gasteiger partial charge in [-0.15, -0.1) is 0 Å². The molecule has 0 aliphatic heterocycles. The second-order valence-corrected chi connectivity index (χ2v) is 4.38. The Morgan fingerprint density at radius 1 is 1.53 bits per heavy atom. The van der Waals surface area contributed by atoms with Crippen LogP contribution in [0, 0.1) is 11.5 Å². The minimum atomic E-state index is -0.0347. The van der Waals surface area contributed by atoms with Crippen LogP contribution >= 0.6 is 23.4 Å². The fourth-order valence-corrected chi connectivity index (χ4v) is 1.86. The van der Waals surface area contributed by atoms with Gasteiger partial charge in [-0.1, -0.05) is 23.4 Å². The van der Waals surface area contributed by atoms with Crippen molar-refractivity contribution in [3.8, 4) is 6.19 Å². The van der Waals surface area contributed by atoms with Gasteiger partial charge in [0.05, 0.1) is 5.75 Å². The maximum atomic E-state index is 11.8. The SMILES string of the molecule is CN=C(NC#N)SCC(=O)c1ccc(Cl)cc1. The number of Topliss-reactive ketones (excluding diaryl/α,β-unsaturated/α-hetero) is 1. The van der Waals surface area contributed by atoms with E-state index in [4.69, 9.17) is 16.9 Å². The van der Waals surface area contributed by atoms with E-state index < -0.39 is 0 Å². The highest BCUT2D eigenvalue weighted by Gasteiger charge is 2.08. The molecule has 0 fully saturated rings. The molecule has 0 radical (unpaired) electrons. The molecule has 0 aromatic heterocycles. The summed E-state index contributed by atoms with van der Waals surface area (Å²) in [6.07, 6.45) is 1.76. The van der Waals surface area contributed by atoms with Crippen molar-refractivity contribution in [1.82, 2.24) is 5.32 Å². The van der Waals surface area contributed by atoms with Gasteiger partial charge in [0.2, 0.25) is 0 Å². The molecule has 0 aliphatic carbocycles. The van der Waals surface area contributed by atoms with Crippen molar-refractivity contribution in [3.05, 3.63) is 34.9 Å². The zero-order valence-electron chi connectivity index (χ0n) is 9.11. The smallest absolute Gasteiger partial charge is 0.183 e. The van der Waals surface area contributed by atoms with E-state index in [-0.39, 0.29) is 11.5 Å². The van der Waals surface area contributed by atoms with Gasteiger partial charge < -0.3 is 0 Å². The van der Waals surface area contributed by atoms with E-state index >= 15 is 0 Å². The largest absolute Gasteiger partial charge is 0.293 e. The van der Waals surface area contributed by atoms with E-state index in [1.165, 1.54) is 11.8 Å². The molecule has 1 aromatic carbocycles. The second-order valence-electron chi connectivity index (χ2n) is 2.98. The molecule has 0 saturated heterocycles. The first-order chi connectivity index (χ1) is 8.17. The summed E-state index contributed by atoms with van der Waals surface area (Å²) < 4.78 is 0. The molecular formula is C11H10ClN3OS. The number of carbonyl (C=O) groups is 1. The Morgan fingerprint density at radius 3 is 2.71 bits per heavy atom. The summed E-state index contributed by atoms with van der Waals surface area (Å²) in [6, 6.07) is 6.68. The maximum Gasteiger partial charge on any atom is 0.183 e. The fourth-order valence-electron chi connectivity index (χ4n) is 1.06. The van der Waals surface area contributed by atoms with Gasteiger partial charge in [-0.2, -0.15) is 5.26 Å². The van der Waals surface area contributed by atoms with Gasteiger partial charge in [0.1, 0.15) is 0 Å². The summed E-state index contributed by atoms with van der Waals surface area (Å²) >= 11 is 6.91. The third kappa shape index (κ3) is 4.47. The molecule has 0 saturated carbocycles. The number of halogens is 1. The Morgan fingerprint density at radius 2 is 2.18 bits per heavy atom. The standard InChI is InChI=1S/C11H10ClN3OS/c1-14-11(15-7-13)17-6-10(16)8-2-4-9(12)5-3-8/h2-5H,6H2,1H3,(H,14,15). The third-order valence-electron chi connectivity index (χ3n) is 1.87. The number of hydrogen-bond donors (Lipinski definition) is 1. The van der Waals surface area contributed by atoms with Crippen molar-refractivity contribution >= 4 is 34.3 Å². The van der Waals surface area contributed by atoms with Crippen LogP contribution in [0.3, 0.4) is 0 Å². The van der Waals surface area contributed by atoms with Crippen molar-refractivity contribution in [1.29, 1.82) is 5.26 Å². The summed E-state index contributed by atoms with van der Waals surface area (Å²) in [5.74, 6) is 0.191. The summed E-state index contributed by atoms with van der Waals surface area (Å²) in [5, 5.41) is 11.8. The van der Waals surface area contributed by atoms with Gasteiger partial charge in [0, 0.05) is 17.6 Å². The van der Waals surface area contributed by atoms with Crippen molar-refractivity contribution < 1.29 is 4.79 Å². The maximum absolute atomic E-state index is 11.8. The van der Waals surface area contributed by atoms with Crippen LogP contribution < -0.4 is 5.32 Å². The van der Waals surface area contributed by atoms with Crippen LogP contribution in [0.5, 0.6) is 0 Å². The Bertz CT molecular complexity index is 465. The lowest BCUT2D eigenvalue weighted by molar-refractivity contribution is 0.102. The van der Waals surface area contributed by atoms with Gasteiger partial charge in [0.15, 0.2) is 17.1 Å². The van der Waals surface area contributed by atoms with Gasteiger partial charge in [-0.05, 0) is 24.3 Å². The van der Waals surface area contributed by atoms with E-state index in [2.05, 4.69) is 10.3 Å². The number of rotatable bonds is 3. The topological polar surface area (TPSA) is 65.2 Å². The Balaban J connectivity index is 2.56. The van der Waals surface area contributed by atoms with E-state index in [0.717, 1.165) is 0 Å². The number of ketones is 1. The zero-order valence-corrected chi connectivity index (χ0v) is 10.7. The second kappa shape index (κ2) is 6.94. The number of thioether (sulfide) groups is 1. The Hall–Kier alpha value is -1.51. The van der Waals surface area contributed by atoms with Gasteiger partial charge in [0.25, 0.3) is 0 Å². The van der Waals surface area contributed by atoms with E-state index in [0.29, 0.717) is 15.8 Å². The molecule has 88 valence electrons. The third-order valence-corrected chi connectivity index (χ3v) is 3.09. The van der Waals surface area contributed by atoms with E-state index in [9.17, 15) is 4.79 Å². The number of hydrogen-bond acceptors (Lipinski definition) is 4. The number of nitrogens with zero attached hydrogens (tertiary/aromatic N) is 2. The fraction of sp³-hybridized carbons (Fsp3) is 0.182. The van der Waals surface area contributed by atoms with Gasteiger partial charge in [-0.3, -0.25) is 15.1 Å². The number of carbonyl (C=O) groups excluding carboxylic acids is 1. The monoisotopic (exact) mass is 267 g/mol. The summed E-state index contributed by atoms with van der Waals surface area (Å²) in [7, 11) is 1.55. The zero-order chi connectivity index (χ0) is 12.7. The minimum absolute atomic E-state index is 0.0347. The number of amidine groups is 1. The van der Waals surface area contributed by atoms with E-state index in [1.807, 2.05) is 0 Å². The van der Waals surface area contributed by atoms with Crippen molar-refractivity contribution in [2.24, 2.45) is 4.99 Å². The van der Waals surface area contributed by atoms with Crippen molar-refractivity contribution in [2.75, 3.05) is 12.8 Å². The predicted molar refractivity (Wildman–Crippen MR) is 70.3 cm³/mol. The Kier molecular flexibility index (Phi) is 5.53. The van der Waals surface area contributed by atoms with Crippen LogP contribution in [0.2, 0.25) is 5.02 Å². The average molecular weight is 268 g/mol. The van der Waals surface area contributed by atoms with Crippen LogP contribution in [0.1, 0.15) is 10.4 Å². The van der Waals surface area contributed by atoms with Crippen molar-refractivity contribution in [2.45, 2.75) is 0 Å². The lowest BCUT2D eigenvalue weighted by Crippen LogP contribution is -2.16. The molecule has 17 heavy (non-hydrogen) atoms. The summed E-state index contributed by atoms with van der Waals surface area (Å²) in [5.41, 5.74) is 0.592.